The molecule has 18 heavy (non-hydrogen) atoms. The summed E-state index contributed by atoms with van der Waals surface area (Å²) in [5.41, 5.74) is 1.90. The van der Waals surface area contributed by atoms with Crippen LogP contribution < -0.4 is 4.74 Å². The van der Waals surface area contributed by atoms with Crippen LogP contribution in [0.2, 0.25) is 0 Å². The minimum absolute atomic E-state index is 0.127. The average Bonchev–Trinajstić information content (AvgIpc) is 2.52. The lowest BCUT2D eigenvalue weighted by Gasteiger charge is -2.07. The molecule has 0 aliphatic rings. The molecule has 0 aliphatic carbocycles. The molecular weight excluding hydrogens is 230 g/mol. The molecule has 1 aromatic heterocycles. The summed E-state index contributed by atoms with van der Waals surface area (Å²) < 4.78 is 7.14. The number of aryl methyl sites for hydroxylation is 3. The molecule has 1 heterocycles. The topological polar surface area (TPSA) is 71.1 Å². The zero-order valence-corrected chi connectivity index (χ0v) is 10.4. The van der Waals surface area contributed by atoms with Gasteiger partial charge in [-0.1, -0.05) is 0 Å². The van der Waals surface area contributed by atoms with Gasteiger partial charge in [-0.25, -0.2) is 4.68 Å². The number of ether oxygens (including phenoxy) is 1. The Hall–Kier alpha value is -2.48. The van der Waals surface area contributed by atoms with E-state index < -0.39 is 0 Å². The van der Waals surface area contributed by atoms with Crippen LogP contribution in [0.3, 0.4) is 0 Å². The Morgan fingerprint density at radius 3 is 2.67 bits per heavy atom. The lowest BCUT2D eigenvalue weighted by molar-refractivity contribution is 0.421. The van der Waals surface area contributed by atoms with Crippen LogP contribution in [0.25, 0.3) is 0 Å². The van der Waals surface area contributed by atoms with Gasteiger partial charge >= 0.3 is 0 Å². The fourth-order valence-corrected chi connectivity index (χ4v) is 1.78. The van der Waals surface area contributed by atoms with E-state index in [0.717, 1.165) is 5.56 Å². The van der Waals surface area contributed by atoms with Crippen molar-refractivity contribution in [2.75, 3.05) is 0 Å². The van der Waals surface area contributed by atoms with Gasteiger partial charge in [0.25, 0.3) is 0 Å². The Labute approximate surface area is 105 Å². The van der Waals surface area contributed by atoms with Crippen LogP contribution in [-0.4, -0.2) is 14.9 Å². The lowest BCUT2D eigenvalue weighted by atomic mass is 10.2. The first-order chi connectivity index (χ1) is 8.51. The van der Waals surface area contributed by atoms with Crippen LogP contribution in [0, 0.1) is 25.2 Å². The molecule has 0 unspecified atom stereocenters. The Balaban J connectivity index is 2.43. The van der Waals surface area contributed by atoms with Gasteiger partial charge in [-0.15, -0.1) is 0 Å². The first kappa shape index (κ1) is 12.0. The zero-order valence-electron chi connectivity index (χ0n) is 10.4. The quantitative estimate of drug-likeness (QED) is 0.879. The van der Waals surface area contributed by atoms with Gasteiger partial charge in [0.2, 0.25) is 5.88 Å². The Morgan fingerprint density at radius 2 is 2.06 bits per heavy atom. The van der Waals surface area contributed by atoms with Gasteiger partial charge in [0.1, 0.15) is 23.1 Å². The van der Waals surface area contributed by atoms with Crippen molar-refractivity contribution in [1.82, 2.24) is 9.78 Å². The fraction of sp³-hybridized carbons (Fsp3) is 0.231. The molecule has 5 nitrogen and oxygen atoms in total. The molecule has 0 saturated carbocycles. The highest BCUT2D eigenvalue weighted by Crippen LogP contribution is 2.29. The predicted molar refractivity (Wildman–Crippen MR) is 65.6 cm³/mol. The number of phenolic OH excluding ortho intramolecular Hbond substituents is 1. The number of benzene rings is 1. The molecule has 5 heteroatoms. The van der Waals surface area contributed by atoms with Crippen molar-refractivity contribution in [2.45, 2.75) is 13.8 Å². The monoisotopic (exact) mass is 243 g/mol. The summed E-state index contributed by atoms with van der Waals surface area (Å²) >= 11 is 0. The van der Waals surface area contributed by atoms with E-state index in [0.29, 0.717) is 22.9 Å². The third kappa shape index (κ3) is 2.13. The third-order valence-electron chi connectivity index (χ3n) is 2.53. The number of nitrogens with zero attached hydrogens (tertiary/aromatic N) is 3. The summed E-state index contributed by atoms with van der Waals surface area (Å²) in [6.45, 7) is 3.60. The SMILES string of the molecule is Cc1cc(O)cc(Oc2c(C#N)c(C)nn2C)c1. The van der Waals surface area contributed by atoms with E-state index >= 15 is 0 Å². The molecule has 2 rings (SSSR count). The van der Waals surface area contributed by atoms with E-state index in [1.807, 2.05) is 6.92 Å². The molecule has 0 aliphatic heterocycles. The minimum Gasteiger partial charge on any atom is -0.508 e. The highest BCUT2D eigenvalue weighted by molar-refractivity contribution is 5.45. The second-order valence-electron chi connectivity index (χ2n) is 4.11. The summed E-state index contributed by atoms with van der Waals surface area (Å²) in [6.07, 6.45) is 0. The number of rotatable bonds is 2. The van der Waals surface area contributed by atoms with Crippen molar-refractivity contribution in [1.29, 1.82) is 5.26 Å². The van der Waals surface area contributed by atoms with Crippen LogP contribution in [0.4, 0.5) is 0 Å². The van der Waals surface area contributed by atoms with E-state index in [-0.39, 0.29) is 5.75 Å². The molecule has 92 valence electrons. The fourth-order valence-electron chi connectivity index (χ4n) is 1.78. The molecule has 1 aromatic carbocycles. The van der Waals surface area contributed by atoms with Crippen molar-refractivity contribution in [3.8, 4) is 23.4 Å². The van der Waals surface area contributed by atoms with Crippen molar-refractivity contribution >= 4 is 0 Å². The maximum absolute atomic E-state index is 9.51. The summed E-state index contributed by atoms with van der Waals surface area (Å²) in [6, 6.07) is 6.97. The van der Waals surface area contributed by atoms with Crippen molar-refractivity contribution in [2.24, 2.45) is 7.05 Å². The van der Waals surface area contributed by atoms with E-state index in [1.54, 1.807) is 26.1 Å². The van der Waals surface area contributed by atoms with Crippen LogP contribution in [0.1, 0.15) is 16.8 Å². The van der Waals surface area contributed by atoms with E-state index in [9.17, 15) is 5.11 Å². The third-order valence-corrected chi connectivity index (χ3v) is 2.53. The number of aromatic hydroxyl groups is 1. The average molecular weight is 243 g/mol. The maximum atomic E-state index is 9.51. The Morgan fingerprint density at radius 1 is 1.33 bits per heavy atom. The smallest absolute Gasteiger partial charge is 0.235 e. The van der Waals surface area contributed by atoms with E-state index in [2.05, 4.69) is 11.2 Å². The second kappa shape index (κ2) is 4.41. The summed E-state index contributed by atoms with van der Waals surface area (Å²) in [5.74, 6) is 0.981. The van der Waals surface area contributed by atoms with E-state index in [4.69, 9.17) is 10.00 Å². The largest absolute Gasteiger partial charge is 0.508 e. The number of nitriles is 1. The second-order valence-corrected chi connectivity index (χ2v) is 4.11. The van der Waals surface area contributed by atoms with Crippen LogP contribution in [0.5, 0.6) is 17.4 Å². The zero-order chi connectivity index (χ0) is 13.3. The molecule has 0 saturated heterocycles. The number of aromatic nitrogens is 2. The molecule has 0 fully saturated rings. The molecule has 0 spiro atoms. The van der Waals surface area contributed by atoms with Gasteiger partial charge in [0.05, 0.1) is 5.69 Å². The lowest BCUT2D eigenvalue weighted by Crippen LogP contribution is -1.96. The molecule has 0 amide bonds. The standard InChI is InChI=1S/C13H13N3O2/c1-8-4-10(17)6-11(5-8)18-13-12(7-14)9(2)15-16(13)3/h4-6,17H,1-3H3. The Kier molecular flexibility index (Phi) is 2.94. The van der Waals surface area contributed by atoms with E-state index in [1.165, 1.54) is 10.7 Å². The molecule has 0 atom stereocenters. The van der Waals surface area contributed by atoms with Crippen molar-refractivity contribution in [3.05, 3.63) is 35.0 Å². The molecule has 0 radical (unpaired) electrons. The van der Waals surface area contributed by atoms with Crippen LogP contribution >= 0.6 is 0 Å². The minimum atomic E-state index is 0.127. The number of phenols is 1. The molecule has 1 N–H and O–H groups in total. The van der Waals surface area contributed by atoms with Gasteiger partial charge < -0.3 is 9.84 Å². The van der Waals surface area contributed by atoms with Gasteiger partial charge in [-0.3, -0.25) is 0 Å². The van der Waals surface area contributed by atoms with Gasteiger partial charge in [0, 0.05) is 13.1 Å². The van der Waals surface area contributed by atoms with Gasteiger partial charge in [-0.2, -0.15) is 10.4 Å². The molecule has 2 aromatic rings. The normalized spacial score (nSPS) is 10.1. The summed E-state index contributed by atoms with van der Waals surface area (Å²) in [4.78, 5) is 0. The maximum Gasteiger partial charge on any atom is 0.235 e. The number of hydrogen-bond acceptors (Lipinski definition) is 4. The number of hydrogen-bond donors (Lipinski definition) is 1. The van der Waals surface area contributed by atoms with Crippen LogP contribution in [-0.2, 0) is 7.05 Å². The Bertz CT molecular complexity index is 618. The molecular formula is C13H13N3O2. The van der Waals surface area contributed by atoms with Crippen LogP contribution in [0.15, 0.2) is 18.2 Å². The van der Waals surface area contributed by atoms with Gasteiger partial charge in [0.15, 0.2) is 0 Å². The molecule has 0 bridgehead atoms. The van der Waals surface area contributed by atoms with Gasteiger partial charge in [-0.05, 0) is 31.5 Å². The highest BCUT2D eigenvalue weighted by atomic mass is 16.5. The predicted octanol–water partition coefficient (Wildman–Crippen LogP) is 2.41. The summed E-state index contributed by atoms with van der Waals surface area (Å²) in [7, 11) is 1.71. The first-order valence-corrected chi connectivity index (χ1v) is 5.43. The highest BCUT2D eigenvalue weighted by Gasteiger charge is 2.15. The first-order valence-electron chi connectivity index (χ1n) is 5.43. The summed E-state index contributed by atoms with van der Waals surface area (Å²) in [5, 5.41) is 22.7. The van der Waals surface area contributed by atoms with Crippen molar-refractivity contribution in [3.63, 3.8) is 0 Å². The van der Waals surface area contributed by atoms with Crippen molar-refractivity contribution < 1.29 is 9.84 Å².